The molecular weight excluding hydrogens is 282 g/mol. The van der Waals surface area contributed by atoms with Gasteiger partial charge in [-0.1, -0.05) is 30.3 Å². The van der Waals surface area contributed by atoms with Gasteiger partial charge < -0.3 is 14.4 Å². The molecule has 0 bridgehead atoms. The van der Waals surface area contributed by atoms with Crippen LogP contribution in [-0.2, 0) is 20.9 Å². The summed E-state index contributed by atoms with van der Waals surface area (Å²) in [4.78, 5) is 25.6. The zero-order chi connectivity index (χ0) is 16.2. The largest absolute Gasteiger partial charge is 0.444 e. The maximum atomic E-state index is 12.1. The van der Waals surface area contributed by atoms with Crippen LogP contribution in [0.2, 0.25) is 0 Å². The predicted molar refractivity (Wildman–Crippen MR) is 82.5 cm³/mol. The molecule has 1 atom stereocenters. The van der Waals surface area contributed by atoms with E-state index in [1.165, 1.54) is 0 Å². The van der Waals surface area contributed by atoms with Gasteiger partial charge in [0.1, 0.15) is 11.7 Å². The van der Waals surface area contributed by atoms with Gasteiger partial charge in [0.25, 0.3) is 0 Å². The second-order valence-electron chi connectivity index (χ2n) is 6.43. The number of rotatable bonds is 3. The summed E-state index contributed by atoms with van der Waals surface area (Å²) in [5.74, 6) is 0.0377. The van der Waals surface area contributed by atoms with Gasteiger partial charge in [-0.15, -0.1) is 0 Å². The number of ether oxygens (including phenoxy) is 2. The smallest absolute Gasteiger partial charge is 0.410 e. The molecule has 0 radical (unpaired) electrons. The number of likely N-dealkylation sites (tertiary alicyclic amines) is 1. The van der Waals surface area contributed by atoms with Gasteiger partial charge in [-0.25, -0.2) is 4.79 Å². The zero-order valence-electron chi connectivity index (χ0n) is 13.4. The van der Waals surface area contributed by atoms with Crippen molar-refractivity contribution in [3.63, 3.8) is 0 Å². The first-order valence-electron chi connectivity index (χ1n) is 7.51. The quantitative estimate of drug-likeness (QED) is 0.861. The fraction of sp³-hybridized carbons (Fsp3) is 0.529. The highest BCUT2D eigenvalue weighted by Crippen LogP contribution is 2.16. The Balaban J connectivity index is 1.91. The molecule has 0 spiro atoms. The summed E-state index contributed by atoms with van der Waals surface area (Å²) < 4.78 is 11.0. The minimum absolute atomic E-state index is 0.0377. The number of amides is 1. The van der Waals surface area contributed by atoms with E-state index in [2.05, 4.69) is 0 Å². The van der Waals surface area contributed by atoms with Gasteiger partial charge in [-0.3, -0.25) is 4.79 Å². The Labute approximate surface area is 131 Å². The average molecular weight is 305 g/mol. The van der Waals surface area contributed by atoms with Crippen molar-refractivity contribution in [2.45, 2.75) is 45.5 Å². The highest BCUT2D eigenvalue weighted by molar-refractivity contribution is 5.86. The fourth-order valence-corrected chi connectivity index (χ4v) is 2.21. The third kappa shape index (κ3) is 4.84. The molecule has 1 amide bonds. The number of carbonyl (C=O) groups is 2. The highest BCUT2D eigenvalue weighted by atomic mass is 16.6. The van der Waals surface area contributed by atoms with Gasteiger partial charge >= 0.3 is 6.09 Å². The van der Waals surface area contributed by atoms with Crippen LogP contribution in [0.25, 0.3) is 0 Å². The molecule has 0 aliphatic carbocycles. The number of benzene rings is 1. The van der Waals surface area contributed by atoms with Gasteiger partial charge in [-0.2, -0.15) is 0 Å². The molecule has 1 saturated heterocycles. The molecule has 0 aromatic heterocycles. The molecule has 1 aliphatic heterocycles. The standard InChI is InChI=1S/C17H23NO4/c1-17(2,3)22-16(20)18-10-9-14(19)15(11-18)21-12-13-7-5-4-6-8-13/h4-8,15H,9-12H2,1-3H3. The van der Waals surface area contributed by atoms with E-state index < -0.39 is 17.8 Å². The lowest BCUT2D eigenvalue weighted by molar-refractivity contribution is -0.136. The van der Waals surface area contributed by atoms with Gasteiger partial charge in [0, 0.05) is 13.0 Å². The molecule has 1 fully saturated rings. The van der Waals surface area contributed by atoms with Crippen molar-refractivity contribution < 1.29 is 19.1 Å². The lowest BCUT2D eigenvalue weighted by Crippen LogP contribution is -2.49. The van der Waals surface area contributed by atoms with Crippen molar-refractivity contribution in [3.8, 4) is 0 Å². The van der Waals surface area contributed by atoms with Crippen LogP contribution >= 0.6 is 0 Å². The lowest BCUT2D eigenvalue weighted by Gasteiger charge is -2.33. The number of hydrogen-bond donors (Lipinski definition) is 0. The van der Waals surface area contributed by atoms with Gasteiger partial charge in [0.15, 0.2) is 5.78 Å². The fourth-order valence-electron chi connectivity index (χ4n) is 2.21. The maximum absolute atomic E-state index is 12.1. The van der Waals surface area contributed by atoms with E-state index in [4.69, 9.17) is 9.47 Å². The van der Waals surface area contributed by atoms with E-state index in [1.54, 1.807) is 4.90 Å². The molecule has 0 saturated carbocycles. The predicted octanol–water partition coefficient (Wildman–Crippen LogP) is 2.78. The molecule has 0 N–H and O–H groups in total. The number of nitrogens with zero attached hydrogens (tertiary/aromatic N) is 1. The van der Waals surface area contributed by atoms with Crippen LogP contribution in [0.4, 0.5) is 4.79 Å². The molecule has 1 aromatic carbocycles. The second-order valence-corrected chi connectivity index (χ2v) is 6.43. The highest BCUT2D eigenvalue weighted by Gasteiger charge is 2.32. The summed E-state index contributed by atoms with van der Waals surface area (Å²) in [6, 6.07) is 9.67. The van der Waals surface area contributed by atoms with Crippen molar-refractivity contribution in [2.24, 2.45) is 0 Å². The number of carbonyl (C=O) groups excluding carboxylic acids is 2. The summed E-state index contributed by atoms with van der Waals surface area (Å²) in [6.45, 7) is 6.47. The Bertz CT molecular complexity index is 521. The molecule has 22 heavy (non-hydrogen) atoms. The Morgan fingerprint density at radius 1 is 1.27 bits per heavy atom. The summed E-state index contributed by atoms with van der Waals surface area (Å²) >= 11 is 0. The summed E-state index contributed by atoms with van der Waals surface area (Å²) in [7, 11) is 0. The third-order valence-corrected chi connectivity index (χ3v) is 3.32. The van der Waals surface area contributed by atoms with Crippen LogP contribution in [0.15, 0.2) is 30.3 Å². The van der Waals surface area contributed by atoms with Crippen LogP contribution in [-0.4, -0.2) is 41.6 Å². The Kier molecular flexibility index (Phi) is 5.19. The molecule has 1 unspecified atom stereocenters. The maximum Gasteiger partial charge on any atom is 0.410 e. The first-order chi connectivity index (χ1) is 10.3. The molecule has 5 nitrogen and oxygen atoms in total. The van der Waals surface area contributed by atoms with Crippen molar-refractivity contribution in [1.29, 1.82) is 0 Å². The van der Waals surface area contributed by atoms with E-state index in [0.717, 1.165) is 5.56 Å². The molecular formula is C17H23NO4. The van der Waals surface area contributed by atoms with E-state index in [9.17, 15) is 9.59 Å². The van der Waals surface area contributed by atoms with E-state index in [1.807, 2.05) is 51.1 Å². The zero-order valence-corrected chi connectivity index (χ0v) is 13.4. The van der Waals surface area contributed by atoms with Crippen molar-refractivity contribution in [2.75, 3.05) is 13.1 Å². The normalized spacial score (nSPS) is 19.1. The molecule has 1 aromatic rings. The first kappa shape index (κ1) is 16.5. The minimum atomic E-state index is -0.582. The van der Waals surface area contributed by atoms with E-state index in [0.29, 0.717) is 19.6 Å². The number of ketones is 1. The monoisotopic (exact) mass is 305 g/mol. The van der Waals surface area contributed by atoms with E-state index in [-0.39, 0.29) is 12.3 Å². The summed E-state index contributed by atoms with van der Waals surface area (Å²) in [6.07, 6.45) is -0.673. The van der Waals surface area contributed by atoms with Crippen molar-refractivity contribution in [1.82, 2.24) is 4.90 Å². The lowest BCUT2D eigenvalue weighted by atomic mass is 10.1. The first-order valence-corrected chi connectivity index (χ1v) is 7.51. The van der Waals surface area contributed by atoms with Crippen LogP contribution in [0.5, 0.6) is 0 Å². The number of hydrogen-bond acceptors (Lipinski definition) is 4. The molecule has 120 valence electrons. The SMILES string of the molecule is CC(C)(C)OC(=O)N1CCC(=O)C(OCc2ccccc2)C1. The molecule has 1 aliphatic rings. The number of piperidine rings is 1. The minimum Gasteiger partial charge on any atom is -0.444 e. The Hall–Kier alpha value is -1.88. The van der Waals surface area contributed by atoms with Crippen LogP contribution in [0.1, 0.15) is 32.8 Å². The van der Waals surface area contributed by atoms with Crippen LogP contribution < -0.4 is 0 Å². The Morgan fingerprint density at radius 2 is 1.95 bits per heavy atom. The second kappa shape index (κ2) is 6.92. The number of Topliss-reactive ketones (excluding diaryl/α,β-unsaturated/α-hetero) is 1. The topological polar surface area (TPSA) is 55.8 Å². The van der Waals surface area contributed by atoms with Crippen LogP contribution in [0, 0.1) is 0 Å². The summed E-state index contributed by atoms with van der Waals surface area (Å²) in [5.41, 5.74) is 0.462. The van der Waals surface area contributed by atoms with E-state index >= 15 is 0 Å². The van der Waals surface area contributed by atoms with Gasteiger partial charge in [-0.05, 0) is 26.3 Å². The van der Waals surface area contributed by atoms with Gasteiger partial charge in [0.05, 0.1) is 13.2 Å². The molecule has 1 heterocycles. The Morgan fingerprint density at radius 3 is 2.59 bits per heavy atom. The molecule has 5 heteroatoms. The van der Waals surface area contributed by atoms with Crippen molar-refractivity contribution >= 4 is 11.9 Å². The van der Waals surface area contributed by atoms with Crippen molar-refractivity contribution in [3.05, 3.63) is 35.9 Å². The van der Waals surface area contributed by atoms with Gasteiger partial charge in [0.2, 0.25) is 0 Å². The third-order valence-electron chi connectivity index (χ3n) is 3.32. The molecule has 2 rings (SSSR count). The summed E-state index contributed by atoms with van der Waals surface area (Å²) in [5, 5.41) is 0. The average Bonchev–Trinajstić information content (AvgIpc) is 2.45. The van der Waals surface area contributed by atoms with Crippen LogP contribution in [0.3, 0.4) is 0 Å².